The quantitative estimate of drug-likeness (QED) is 0.385. The van der Waals surface area contributed by atoms with Crippen molar-refractivity contribution in [2.45, 2.75) is 32.3 Å². The first-order valence-electron chi connectivity index (χ1n) is 3.90. The zero-order valence-electron chi connectivity index (χ0n) is 7.42. The number of hydrogen-bond donors (Lipinski definition) is 0. The standard InChI is InChI=1S/C7H15ClO3S/c1-7(5-3-4-6-8)11-12(2,9)10/h7H,3-6H2,1-2H3/t7-/m0/s1. The highest BCUT2D eigenvalue weighted by atomic mass is 35.5. The Morgan fingerprint density at radius 1 is 1.42 bits per heavy atom. The van der Waals surface area contributed by atoms with Gasteiger partial charge < -0.3 is 0 Å². The summed E-state index contributed by atoms with van der Waals surface area (Å²) in [5.41, 5.74) is 0. The highest BCUT2D eigenvalue weighted by Crippen LogP contribution is 2.07. The monoisotopic (exact) mass is 214 g/mol. The van der Waals surface area contributed by atoms with E-state index >= 15 is 0 Å². The van der Waals surface area contributed by atoms with Gasteiger partial charge in [-0.25, -0.2) is 0 Å². The van der Waals surface area contributed by atoms with Crippen LogP contribution >= 0.6 is 11.6 Å². The van der Waals surface area contributed by atoms with Gasteiger partial charge in [0.25, 0.3) is 10.1 Å². The first-order chi connectivity index (χ1) is 5.45. The normalized spacial score (nSPS) is 14.6. The lowest BCUT2D eigenvalue weighted by Crippen LogP contribution is -2.13. The SMILES string of the molecule is C[C@@H](CCCCCl)OS(C)(=O)=O. The third-order valence-electron chi connectivity index (χ3n) is 1.33. The van der Waals surface area contributed by atoms with Gasteiger partial charge in [-0.3, -0.25) is 4.18 Å². The Morgan fingerprint density at radius 2 is 2.00 bits per heavy atom. The van der Waals surface area contributed by atoms with Crippen LogP contribution in [0.3, 0.4) is 0 Å². The van der Waals surface area contributed by atoms with Gasteiger partial charge in [-0.15, -0.1) is 11.6 Å². The molecule has 0 rings (SSSR count). The molecule has 0 aliphatic carbocycles. The molecule has 1 atom stereocenters. The van der Waals surface area contributed by atoms with Gasteiger partial charge in [0, 0.05) is 5.88 Å². The molecule has 0 bridgehead atoms. The third-order valence-corrected chi connectivity index (χ3v) is 2.28. The predicted molar refractivity (Wildman–Crippen MR) is 50.0 cm³/mol. The first kappa shape index (κ1) is 12.2. The summed E-state index contributed by atoms with van der Waals surface area (Å²) in [5, 5.41) is 0. The molecule has 0 aromatic rings. The summed E-state index contributed by atoms with van der Waals surface area (Å²) in [5.74, 6) is 0.617. The molecule has 0 aliphatic heterocycles. The van der Waals surface area contributed by atoms with Crippen molar-refractivity contribution in [1.82, 2.24) is 0 Å². The molecule has 5 heteroatoms. The van der Waals surface area contributed by atoms with E-state index in [-0.39, 0.29) is 6.10 Å². The highest BCUT2D eigenvalue weighted by Gasteiger charge is 2.08. The van der Waals surface area contributed by atoms with E-state index in [9.17, 15) is 8.42 Å². The van der Waals surface area contributed by atoms with E-state index in [1.807, 2.05) is 0 Å². The molecule has 0 spiro atoms. The zero-order valence-corrected chi connectivity index (χ0v) is 8.99. The van der Waals surface area contributed by atoms with E-state index < -0.39 is 10.1 Å². The fourth-order valence-electron chi connectivity index (χ4n) is 0.873. The van der Waals surface area contributed by atoms with Crippen molar-refractivity contribution < 1.29 is 12.6 Å². The average Bonchev–Trinajstić information content (AvgIpc) is 1.84. The Morgan fingerprint density at radius 3 is 2.42 bits per heavy atom. The Bertz CT molecular complexity index is 201. The van der Waals surface area contributed by atoms with E-state index in [1.54, 1.807) is 6.92 Å². The van der Waals surface area contributed by atoms with Crippen LogP contribution in [-0.4, -0.2) is 26.7 Å². The minimum atomic E-state index is -3.29. The van der Waals surface area contributed by atoms with Crippen molar-refractivity contribution in [3.05, 3.63) is 0 Å². The first-order valence-corrected chi connectivity index (χ1v) is 6.25. The van der Waals surface area contributed by atoms with E-state index in [0.29, 0.717) is 5.88 Å². The number of hydrogen-bond acceptors (Lipinski definition) is 3. The van der Waals surface area contributed by atoms with Gasteiger partial charge in [0.15, 0.2) is 0 Å². The summed E-state index contributed by atoms with van der Waals surface area (Å²) in [4.78, 5) is 0. The van der Waals surface area contributed by atoms with Crippen molar-refractivity contribution >= 4 is 21.7 Å². The minimum Gasteiger partial charge on any atom is -0.267 e. The Labute approximate surface area is 79.2 Å². The van der Waals surface area contributed by atoms with E-state index in [0.717, 1.165) is 25.5 Å². The lowest BCUT2D eigenvalue weighted by atomic mass is 10.2. The number of alkyl halides is 1. The minimum absolute atomic E-state index is 0.233. The van der Waals surface area contributed by atoms with Crippen LogP contribution in [0.1, 0.15) is 26.2 Å². The topological polar surface area (TPSA) is 43.4 Å². The van der Waals surface area contributed by atoms with Crippen LogP contribution in [0.25, 0.3) is 0 Å². The maximum atomic E-state index is 10.6. The molecule has 0 unspecified atom stereocenters. The summed E-state index contributed by atoms with van der Waals surface area (Å²) in [6.07, 6.45) is 3.37. The van der Waals surface area contributed by atoms with Crippen LogP contribution in [0.5, 0.6) is 0 Å². The third kappa shape index (κ3) is 8.30. The maximum absolute atomic E-state index is 10.6. The van der Waals surface area contributed by atoms with Gasteiger partial charge in [-0.1, -0.05) is 0 Å². The zero-order chi connectivity index (χ0) is 9.61. The molecule has 0 aromatic heterocycles. The van der Waals surface area contributed by atoms with Crippen molar-refractivity contribution in [2.24, 2.45) is 0 Å². The molecule has 0 N–H and O–H groups in total. The largest absolute Gasteiger partial charge is 0.267 e. The van der Waals surface area contributed by atoms with Crippen molar-refractivity contribution in [3.8, 4) is 0 Å². The molecule has 0 heterocycles. The fraction of sp³-hybridized carbons (Fsp3) is 1.00. The Balaban J connectivity index is 3.53. The summed E-state index contributed by atoms with van der Waals surface area (Å²) in [6.45, 7) is 1.75. The molecule has 0 saturated carbocycles. The van der Waals surface area contributed by atoms with Crippen LogP contribution in [-0.2, 0) is 14.3 Å². The smallest absolute Gasteiger partial charge is 0.264 e. The number of halogens is 1. The molecule has 3 nitrogen and oxygen atoms in total. The molecule has 0 fully saturated rings. The van der Waals surface area contributed by atoms with E-state index in [2.05, 4.69) is 0 Å². The van der Waals surface area contributed by atoms with Crippen LogP contribution in [0.2, 0.25) is 0 Å². The van der Waals surface area contributed by atoms with Gasteiger partial charge in [0.05, 0.1) is 12.4 Å². The Kier molecular flexibility index (Phi) is 5.88. The van der Waals surface area contributed by atoms with Gasteiger partial charge in [-0.2, -0.15) is 8.42 Å². The number of rotatable bonds is 6. The summed E-state index contributed by atoms with van der Waals surface area (Å²) < 4.78 is 26.0. The second-order valence-electron chi connectivity index (χ2n) is 2.80. The van der Waals surface area contributed by atoms with Crippen molar-refractivity contribution in [3.63, 3.8) is 0 Å². The summed E-state index contributed by atoms with van der Waals surface area (Å²) in [7, 11) is -3.29. The average molecular weight is 215 g/mol. The van der Waals surface area contributed by atoms with Crippen LogP contribution in [0, 0.1) is 0 Å². The van der Waals surface area contributed by atoms with Crippen LogP contribution < -0.4 is 0 Å². The molecule has 74 valence electrons. The molecule has 0 radical (unpaired) electrons. The van der Waals surface area contributed by atoms with Crippen molar-refractivity contribution in [2.75, 3.05) is 12.1 Å². The highest BCUT2D eigenvalue weighted by molar-refractivity contribution is 7.86. The van der Waals surface area contributed by atoms with E-state index in [4.69, 9.17) is 15.8 Å². The lowest BCUT2D eigenvalue weighted by Gasteiger charge is -2.09. The summed E-state index contributed by atoms with van der Waals surface area (Å²) in [6, 6.07) is 0. The predicted octanol–water partition coefficient (Wildman–Crippen LogP) is 1.76. The molecular formula is C7H15ClO3S. The molecule has 0 saturated heterocycles. The lowest BCUT2D eigenvalue weighted by molar-refractivity contribution is 0.217. The van der Waals surface area contributed by atoms with Gasteiger partial charge in [0.1, 0.15) is 0 Å². The molecule has 0 aromatic carbocycles. The molecule has 0 amide bonds. The van der Waals surface area contributed by atoms with Crippen molar-refractivity contribution in [1.29, 1.82) is 0 Å². The second-order valence-corrected chi connectivity index (χ2v) is 4.77. The van der Waals surface area contributed by atoms with Gasteiger partial charge in [0.2, 0.25) is 0 Å². The van der Waals surface area contributed by atoms with Crippen LogP contribution in [0.15, 0.2) is 0 Å². The second kappa shape index (κ2) is 5.78. The van der Waals surface area contributed by atoms with Crippen LogP contribution in [0.4, 0.5) is 0 Å². The van der Waals surface area contributed by atoms with Gasteiger partial charge >= 0.3 is 0 Å². The maximum Gasteiger partial charge on any atom is 0.264 e. The van der Waals surface area contributed by atoms with Gasteiger partial charge in [-0.05, 0) is 26.2 Å². The summed E-state index contributed by atoms with van der Waals surface area (Å²) >= 11 is 5.46. The Hall–Kier alpha value is 0.200. The molecule has 0 aliphatic rings. The fourth-order valence-corrected chi connectivity index (χ4v) is 1.75. The molecule has 12 heavy (non-hydrogen) atoms. The molecular weight excluding hydrogens is 200 g/mol. The van der Waals surface area contributed by atoms with E-state index in [1.165, 1.54) is 0 Å². The number of unbranched alkanes of at least 4 members (excludes halogenated alkanes) is 1.